The van der Waals surface area contributed by atoms with Crippen LogP contribution in [0.25, 0.3) is 17.1 Å². The van der Waals surface area contributed by atoms with Gasteiger partial charge >= 0.3 is 0 Å². The van der Waals surface area contributed by atoms with Crippen LogP contribution in [0.3, 0.4) is 0 Å². The number of hydrogen-bond acceptors (Lipinski definition) is 5. The van der Waals surface area contributed by atoms with Gasteiger partial charge in [-0.3, -0.25) is 14.3 Å². The second kappa shape index (κ2) is 9.57. The summed E-state index contributed by atoms with van der Waals surface area (Å²) in [4.78, 5) is 19.0. The van der Waals surface area contributed by atoms with E-state index >= 15 is 0 Å². The first-order valence-corrected chi connectivity index (χ1v) is 11.0. The molecule has 0 N–H and O–H groups in total. The van der Waals surface area contributed by atoms with E-state index in [1.807, 2.05) is 91.2 Å². The van der Waals surface area contributed by atoms with Crippen LogP contribution in [0.5, 0.6) is 0 Å². The smallest absolute Gasteiger partial charge is 0.237 e. The number of anilines is 1. The Hall–Kier alpha value is -3.45. The number of thioether (sulfide) groups is 1. The van der Waals surface area contributed by atoms with Crippen molar-refractivity contribution in [1.82, 2.24) is 19.7 Å². The van der Waals surface area contributed by atoms with Crippen LogP contribution < -0.4 is 4.90 Å². The largest absolute Gasteiger partial charge is 0.308 e. The molecule has 0 aliphatic rings. The molecule has 0 spiro atoms. The standard InChI is InChI=1S/C24H23N5OS/c1-18(2)28(21-14-9-15-25-16-21)22(30)17-31-24-27-26-23(19-10-5-3-6-11-19)29(24)20-12-7-4-8-13-20/h3-16,18H,17H2,1-2H3. The fourth-order valence-electron chi connectivity index (χ4n) is 3.37. The molecule has 0 radical (unpaired) electrons. The van der Waals surface area contributed by atoms with Crippen LogP contribution in [0.15, 0.2) is 90.3 Å². The lowest BCUT2D eigenvalue weighted by molar-refractivity contribution is -0.116. The Morgan fingerprint density at radius 1 is 0.968 bits per heavy atom. The van der Waals surface area contributed by atoms with Gasteiger partial charge in [-0.15, -0.1) is 10.2 Å². The Morgan fingerprint density at radius 3 is 2.32 bits per heavy atom. The molecular formula is C24H23N5OS. The lowest BCUT2D eigenvalue weighted by Gasteiger charge is -2.26. The van der Waals surface area contributed by atoms with E-state index in [2.05, 4.69) is 15.2 Å². The fourth-order valence-corrected chi connectivity index (χ4v) is 4.18. The molecule has 0 aliphatic heterocycles. The lowest BCUT2D eigenvalue weighted by atomic mass is 10.2. The Morgan fingerprint density at radius 2 is 1.68 bits per heavy atom. The average Bonchev–Trinajstić information content (AvgIpc) is 3.23. The summed E-state index contributed by atoms with van der Waals surface area (Å²) in [5.74, 6) is 0.985. The van der Waals surface area contributed by atoms with Crippen molar-refractivity contribution in [1.29, 1.82) is 0 Å². The number of pyridine rings is 1. The number of hydrogen-bond donors (Lipinski definition) is 0. The molecule has 0 fully saturated rings. The van der Waals surface area contributed by atoms with E-state index in [9.17, 15) is 4.79 Å². The van der Waals surface area contributed by atoms with Crippen LogP contribution in [0.4, 0.5) is 5.69 Å². The van der Waals surface area contributed by atoms with Gasteiger partial charge in [0.2, 0.25) is 5.91 Å². The molecule has 0 bridgehead atoms. The van der Waals surface area contributed by atoms with E-state index in [1.165, 1.54) is 11.8 Å². The van der Waals surface area contributed by atoms with Gasteiger partial charge in [-0.1, -0.05) is 60.3 Å². The van der Waals surface area contributed by atoms with Crippen molar-refractivity contribution < 1.29 is 4.79 Å². The molecule has 1 amide bonds. The van der Waals surface area contributed by atoms with Crippen molar-refractivity contribution in [2.45, 2.75) is 25.0 Å². The second-order valence-electron chi connectivity index (χ2n) is 7.20. The minimum Gasteiger partial charge on any atom is -0.308 e. The van der Waals surface area contributed by atoms with Crippen LogP contribution in [0.1, 0.15) is 13.8 Å². The fraction of sp³-hybridized carbons (Fsp3) is 0.167. The number of rotatable bonds is 7. The monoisotopic (exact) mass is 429 g/mol. The zero-order valence-corrected chi connectivity index (χ0v) is 18.2. The van der Waals surface area contributed by atoms with Crippen LogP contribution >= 0.6 is 11.8 Å². The molecule has 7 heteroatoms. The topological polar surface area (TPSA) is 63.9 Å². The third kappa shape index (κ3) is 4.67. The second-order valence-corrected chi connectivity index (χ2v) is 8.14. The maximum Gasteiger partial charge on any atom is 0.237 e. The molecule has 0 atom stereocenters. The molecule has 0 saturated carbocycles. The van der Waals surface area contributed by atoms with Gasteiger partial charge in [0.25, 0.3) is 0 Å². The molecule has 0 unspecified atom stereocenters. The van der Waals surface area contributed by atoms with Gasteiger partial charge in [-0.25, -0.2) is 0 Å². The zero-order valence-electron chi connectivity index (χ0n) is 17.4. The minimum atomic E-state index is -0.00290. The molecule has 2 aromatic heterocycles. The normalized spacial score (nSPS) is 10.9. The maximum absolute atomic E-state index is 13.1. The summed E-state index contributed by atoms with van der Waals surface area (Å²) in [6.45, 7) is 3.99. The Bertz CT molecular complexity index is 1130. The predicted octanol–water partition coefficient (Wildman–Crippen LogP) is 4.86. The quantitative estimate of drug-likeness (QED) is 0.393. The van der Waals surface area contributed by atoms with Crippen molar-refractivity contribution >= 4 is 23.4 Å². The van der Waals surface area contributed by atoms with Crippen molar-refractivity contribution in [3.8, 4) is 17.1 Å². The molecule has 4 rings (SSSR count). The van der Waals surface area contributed by atoms with Crippen molar-refractivity contribution in [3.63, 3.8) is 0 Å². The molecule has 31 heavy (non-hydrogen) atoms. The molecule has 0 saturated heterocycles. The van der Waals surface area contributed by atoms with Gasteiger partial charge < -0.3 is 4.90 Å². The Balaban J connectivity index is 1.63. The Kier molecular flexibility index (Phi) is 6.43. The Labute approximate surface area is 186 Å². The van der Waals surface area contributed by atoms with Gasteiger partial charge in [0.05, 0.1) is 17.6 Å². The highest BCUT2D eigenvalue weighted by atomic mass is 32.2. The molecule has 156 valence electrons. The molecule has 4 aromatic rings. The van der Waals surface area contributed by atoms with Crippen LogP contribution in [0, 0.1) is 0 Å². The van der Waals surface area contributed by atoms with Gasteiger partial charge in [0, 0.05) is 23.5 Å². The highest BCUT2D eigenvalue weighted by molar-refractivity contribution is 7.99. The van der Waals surface area contributed by atoms with E-state index in [0.29, 0.717) is 5.16 Å². The SMILES string of the molecule is CC(C)N(C(=O)CSc1nnc(-c2ccccc2)n1-c1ccccc1)c1cccnc1. The van der Waals surface area contributed by atoms with Crippen molar-refractivity contribution in [2.75, 3.05) is 10.7 Å². The number of carbonyl (C=O) groups is 1. The first-order chi connectivity index (χ1) is 15.1. The molecule has 6 nitrogen and oxygen atoms in total. The number of benzene rings is 2. The highest BCUT2D eigenvalue weighted by Crippen LogP contribution is 2.28. The molecule has 2 aromatic carbocycles. The summed E-state index contributed by atoms with van der Waals surface area (Å²) in [5.41, 5.74) is 2.71. The summed E-state index contributed by atoms with van der Waals surface area (Å²) < 4.78 is 2.00. The van der Waals surface area contributed by atoms with E-state index in [-0.39, 0.29) is 17.7 Å². The summed E-state index contributed by atoms with van der Waals surface area (Å²) in [5, 5.41) is 9.52. The van der Waals surface area contributed by atoms with Gasteiger partial charge in [0.1, 0.15) is 0 Å². The summed E-state index contributed by atoms with van der Waals surface area (Å²) in [6.07, 6.45) is 3.41. The average molecular weight is 430 g/mol. The maximum atomic E-state index is 13.1. The third-order valence-corrected chi connectivity index (χ3v) is 5.63. The van der Waals surface area contributed by atoms with Gasteiger partial charge in [0.15, 0.2) is 11.0 Å². The number of aromatic nitrogens is 4. The molecule has 0 aliphatic carbocycles. The number of nitrogens with zero attached hydrogens (tertiary/aromatic N) is 5. The van der Waals surface area contributed by atoms with Crippen LogP contribution in [0.2, 0.25) is 0 Å². The first-order valence-electron chi connectivity index (χ1n) is 10.1. The summed E-state index contributed by atoms with van der Waals surface area (Å²) >= 11 is 1.38. The van der Waals surface area contributed by atoms with Gasteiger partial charge in [-0.2, -0.15) is 0 Å². The summed E-state index contributed by atoms with van der Waals surface area (Å²) in [6, 6.07) is 23.6. The summed E-state index contributed by atoms with van der Waals surface area (Å²) in [7, 11) is 0. The van der Waals surface area contributed by atoms with E-state index < -0.39 is 0 Å². The molecule has 2 heterocycles. The number of para-hydroxylation sites is 1. The minimum absolute atomic E-state index is 0.00290. The van der Waals surface area contributed by atoms with Crippen molar-refractivity contribution in [2.24, 2.45) is 0 Å². The van der Waals surface area contributed by atoms with E-state index in [1.54, 1.807) is 17.3 Å². The lowest BCUT2D eigenvalue weighted by Crippen LogP contribution is -2.38. The first kappa shape index (κ1) is 20.8. The van der Waals surface area contributed by atoms with Gasteiger partial charge in [-0.05, 0) is 38.1 Å². The highest BCUT2D eigenvalue weighted by Gasteiger charge is 2.22. The third-order valence-electron chi connectivity index (χ3n) is 4.71. The van der Waals surface area contributed by atoms with Crippen molar-refractivity contribution in [3.05, 3.63) is 85.2 Å². The zero-order chi connectivity index (χ0) is 21.6. The number of carbonyl (C=O) groups excluding carboxylic acids is 1. The van der Waals surface area contributed by atoms with E-state index in [4.69, 9.17) is 0 Å². The van der Waals surface area contributed by atoms with Crippen LogP contribution in [-0.4, -0.2) is 37.5 Å². The van der Waals surface area contributed by atoms with Crippen LogP contribution in [-0.2, 0) is 4.79 Å². The predicted molar refractivity (Wildman–Crippen MR) is 124 cm³/mol. The number of amides is 1. The molecular weight excluding hydrogens is 406 g/mol. The van der Waals surface area contributed by atoms with E-state index in [0.717, 1.165) is 22.8 Å².